The number of fused-ring (bicyclic) bond motifs is 4. The topological polar surface area (TPSA) is 294 Å². The van der Waals surface area contributed by atoms with E-state index in [0.717, 1.165) is 16.8 Å². The van der Waals surface area contributed by atoms with Crippen LogP contribution in [0.5, 0.6) is 0 Å². The lowest BCUT2D eigenvalue weighted by Gasteiger charge is -2.27. The van der Waals surface area contributed by atoms with Crippen LogP contribution in [0, 0.1) is 0 Å². The van der Waals surface area contributed by atoms with Crippen LogP contribution in [0.3, 0.4) is 0 Å². The van der Waals surface area contributed by atoms with Crippen LogP contribution < -0.4 is 17.0 Å². The molecule has 308 valence electrons. The van der Waals surface area contributed by atoms with Gasteiger partial charge in [0.1, 0.15) is 36.4 Å². The summed E-state index contributed by atoms with van der Waals surface area (Å²) < 4.78 is 92.7. The van der Waals surface area contributed by atoms with Crippen molar-refractivity contribution < 1.29 is 69.8 Å². The number of H-pyrrole nitrogens is 1. The molecule has 24 nitrogen and oxygen atoms in total. The number of imidazole rings is 1. The summed E-state index contributed by atoms with van der Waals surface area (Å²) in [6.07, 6.45) is -6.64. The molecule has 6 heterocycles. The van der Waals surface area contributed by atoms with Gasteiger partial charge < -0.3 is 34.2 Å². The second kappa shape index (κ2) is 17.7. The number of carbonyl (C=O) groups excluding carboxylic acids is 2. The third-order valence-electron chi connectivity index (χ3n) is 7.93. The molecule has 3 fully saturated rings. The molecule has 2 bridgehead atoms. The average molecular weight is 852 g/mol. The zero-order valence-electron chi connectivity index (χ0n) is 30.2. The number of ether oxygens (including phenoxy) is 6. The largest absolute Gasteiger partial charge is 0.510 e. The normalized spacial score (nSPS) is 29.6. The van der Waals surface area contributed by atoms with Gasteiger partial charge in [-0.15, -0.1) is 0 Å². The maximum Gasteiger partial charge on any atom is 0.510 e. The highest BCUT2D eigenvalue weighted by atomic mass is 32.7. The minimum absolute atomic E-state index is 0.0382. The van der Waals surface area contributed by atoms with Crippen LogP contribution in [-0.2, 0) is 60.2 Å². The molecular formula is C29H39N7O17P2S. The molecule has 6 rings (SSSR count). The lowest BCUT2D eigenvalue weighted by atomic mass is 10.2. The quantitative estimate of drug-likeness (QED) is 0.168. The summed E-state index contributed by atoms with van der Waals surface area (Å²) in [6, 6.07) is 1.05. The van der Waals surface area contributed by atoms with Crippen molar-refractivity contribution in [2.45, 2.75) is 89.6 Å². The van der Waals surface area contributed by atoms with Crippen molar-refractivity contribution in [2.75, 3.05) is 31.7 Å². The molecule has 0 radical (unpaired) electrons. The number of carbonyl (C=O) groups is 2. The van der Waals surface area contributed by atoms with Gasteiger partial charge in [0.2, 0.25) is 6.79 Å². The van der Waals surface area contributed by atoms with E-state index in [1.54, 1.807) is 27.7 Å². The van der Waals surface area contributed by atoms with Crippen molar-refractivity contribution >= 4 is 55.3 Å². The Hall–Kier alpha value is -3.90. The van der Waals surface area contributed by atoms with Gasteiger partial charge in [-0.3, -0.25) is 37.0 Å². The van der Waals surface area contributed by atoms with Crippen molar-refractivity contribution in [3.63, 3.8) is 0 Å². The molecule has 3 aromatic heterocycles. The number of nitrogens with zero attached hydrogens (tertiary/aromatic N) is 5. The number of aromatic amines is 1. The lowest BCUT2D eigenvalue weighted by molar-refractivity contribution is -0.0758. The molecule has 0 aromatic carbocycles. The third kappa shape index (κ3) is 10.3. The van der Waals surface area contributed by atoms with Gasteiger partial charge in [0.15, 0.2) is 23.6 Å². The molecule has 3 aromatic rings. The third-order valence-corrected chi connectivity index (χ3v) is 12.7. The first-order valence-electron chi connectivity index (χ1n) is 17.0. The fraction of sp³-hybridized carbons (Fsp3) is 0.621. The molecule has 0 spiro atoms. The number of anilines is 1. The van der Waals surface area contributed by atoms with Crippen LogP contribution in [0.4, 0.5) is 15.4 Å². The summed E-state index contributed by atoms with van der Waals surface area (Å²) in [5.41, 5.74) is 4.94. The van der Waals surface area contributed by atoms with E-state index in [9.17, 15) is 28.3 Å². The van der Waals surface area contributed by atoms with E-state index < -0.39 is 113 Å². The minimum atomic E-state index is -4.82. The second-order valence-electron chi connectivity index (χ2n) is 12.7. The van der Waals surface area contributed by atoms with E-state index >= 15 is 0 Å². The van der Waals surface area contributed by atoms with E-state index in [-0.39, 0.29) is 24.2 Å². The number of rotatable bonds is 10. The Morgan fingerprint density at radius 1 is 0.946 bits per heavy atom. The molecule has 27 heteroatoms. The molecule has 3 aliphatic heterocycles. The van der Waals surface area contributed by atoms with Crippen LogP contribution >= 0.6 is 26.0 Å². The molecular weight excluding hydrogens is 812 g/mol. The Morgan fingerprint density at radius 3 is 2.43 bits per heavy atom. The molecule has 0 aliphatic carbocycles. The van der Waals surface area contributed by atoms with Gasteiger partial charge in [-0.2, -0.15) is 0 Å². The van der Waals surface area contributed by atoms with Crippen LogP contribution in [0.2, 0.25) is 0 Å². The smallest absolute Gasteiger partial charge is 0.432 e. The standard InChI is InChI=1S/C29H39N7O17P2S/c1-15(2)48-28(39)43-13-47-54(41)45-10-20-18(8-22(51-20)36-12-33-23-24(30)31-11-32-25(23)36)53-55(42,56-14-44-29(40)49-16(3)4)46-9-17-7-19(52-54)26(50-17)35-6-5-21(37)34-27(35)38/h5-6,11-12,15-20,22,26H,7-10,13-14H2,1-4H3,(H2,30,31,32)(H,34,37,38)/t17-,18-,19+,20?,22+,26+,54?,55?/m0/s1. The monoisotopic (exact) mass is 851 g/mol. The Labute approximate surface area is 320 Å². The zero-order valence-corrected chi connectivity index (χ0v) is 32.8. The van der Waals surface area contributed by atoms with Crippen LogP contribution in [0.15, 0.2) is 34.5 Å². The van der Waals surface area contributed by atoms with E-state index in [1.807, 2.05) is 0 Å². The van der Waals surface area contributed by atoms with Gasteiger partial charge in [-0.1, -0.05) is 0 Å². The van der Waals surface area contributed by atoms with Gasteiger partial charge in [0, 0.05) is 36.5 Å². The van der Waals surface area contributed by atoms with Crippen LogP contribution in [-0.4, -0.2) is 104 Å². The summed E-state index contributed by atoms with van der Waals surface area (Å²) in [6.45, 7) is 0.00172. The van der Waals surface area contributed by atoms with Gasteiger partial charge in [-0.05, 0) is 27.7 Å². The summed E-state index contributed by atoms with van der Waals surface area (Å²) in [4.78, 5) is 63.5. The highest BCUT2D eigenvalue weighted by Gasteiger charge is 2.49. The lowest BCUT2D eigenvalue weighted by Crippen LogP contribution is -2.36. The number of nitrogens with two attached hydrogens (primary N) is 1. The number of nitrogens with one attached hydrogen (secondary N) is 1. The molecule has 0 amide bonds. The molecule has 8 atom stereocenters. The highest BCUT2D eigenvalue weighted by molar-refractivity contribution is 8.55. The van der Waals surface area contributed by atoms with E-state index in [0.29, 0.717) is 17.0 Å². The number of nitrogen functional groups attached to an aromatic ring is 1. The highest BCUT2D eigenvalue weighted by Crippen LogP contribution is 2.64. The first kappa shape index (κ1) is 41.7. The fourth-order valence-corrected chi connectivity index (χ4v) is 9.67. The van der Waals surface area contributed by atoms with Gasteiger partial charge in [-0.25, -0.2) is 43.0 Å². The van der Waals surface area contributed by atoms with Crippen molar-refractivity contribution in [3.8, 4) is 0 Å². The minimum Gasteiger partial charge on any atom is -0.432 e. The molecule has 3 saturated heterocycles. The first-order valence-corrected chi connectivity index (χ1v) is 21.6. The Bertz CT molecular complexity index is 2100. The number of aromatic nitrogens is 6. The summed E-state index contributed by atoms with van der Waals surface area (Å²) in [5.74, 6) is -0.425. The predicted octanol–water partition coefficient (Wildman–Crippen LogP) is 3.36. The maximum atomic E-state index is 14.5. The van der Waals surface area contributed by atoms with Crippen molar-refractivity contribution in [1.29, 1.82) is 0 Å². The molecule has 0 saturated carbocycles. The van der Waals surface area contributed by atoms with Crippen molar-refractivity contribution in [1.82, 2.24) is 29.1 Å². The van der Waals surface area contributed by atoms with Crippen molar-refractivity contribution in [2.24, 2.45) is 0 Å². The summed E-state index contributed by atoms with van der Waals surface area (Å²) >= 11 is 0.522. The number of hydrogen-bond acceptors (Lipinski definition) is 22. The number of phosphoric acid groups is 1. The average Bonchev–Trinajstić information content (AvgIpc) is 3.83. The van der Waals surface area contributed by atoms with Gasteiger partial charge in [0.25, 0.3) is 5.56 Å². The SMILES string of the molecule is CC(C)OC(=O)OCOP1(=O)OCC2O[C@@H](n3cnc4c(N)ncnc43)C[C@@H]2OP(=O)(SCOC(=O)OC(C)C)OC[C@@H]2C[C@@H](O1)[C@H](n1ccc(=O)[nH]c1=O)O2. The molecule has 56 heavy (non-hydrogen) atoms. The summed E-state index contributed by atoms with van der Waals surface area (Å²) in [7, 11) is -4.82. The summed E-state index contributed by atoms with van der Waals surface area (Å²) in [5, 5.41) is 0. The zero-order chi connectivity index (χ0) is 40.2. The maximum absolute atomic E-state index is 14.5. The Balaban J connectivity index is 1.32. The Kier molecular flexibility index (Phi) is 13.2. The van der Waals surface area contributed by atoms with Crippen LogP contribution in [0.25, 0.3) is 11.2 Å². The van der Waals surface area contributed by atoms with Crippen LogP contribution in [0.1, 0.15) is 53.0 Å². The van der Waals surface area contributed by atoms with E-state index in [4.69, 9.17) is 56.8 Å². The van der Waals surface area contributed by atoms with Gasteiger partial charge >= 0.3 is 32.6 Å². The first-order chi connectivity index (χ1) is 26.6. The second-order valence-corrected chi connectivity index (χ2v) is 18.3. The molecule has 3 aliphatic rings. The predicted molar refractivity (Wildman–Crippen MR) is 189 cm³/mol. The number of phosphoric ester groups is 1. The number of hydrogen-bond donors (Lipinski definition) is 2. The van der Waals surface area contributed by atoms with E-state index in [2.05, 4.69) is 19.9 Å². The molecule has 3 N–H and O–H groups in total. The van der Waals surface area contributed by atoms with Crippen molar-refractivity contribution in [3.05, 3.63) is 45.8 Å². The fourth-order valence-electron chi connectivity index (χ4n) is 5.60. The molecule has 3 unspecified atom stereocenters. The Morgan fingerprint density at radius 2 is 1.70 bits per heavy atom. The van der Waals surface area contributed by atoms with Gasteiger partial charge in [0.05, 0.1) is 37.9 Å². The van der Waals surface area contributed by atoms with E-state index in [1.165, 1.54) is 17.2 Å².